The van der Waals surface area contributed by atoms with Crippen LogP contribution in [0.25, 0.3) is 0 Å². The smallest absolute Gasteiger partial charge is 0.505 e. The van der Waals surface area contributed by atoms with Crippen molar-refractivity contribution in [3.63, 3.8) is 0 Å². The predicted octanol–water partition coefficient (Wildman–Crippen LogP) is 12.0. The van der Waals surface area contributed by atoms with E-state index in [-0.39, 0.29) is 29.0 Å². The number of alkyl carbamates (subject to hydrolysis) is 1. The van der Waals surface area contributed by atoms with Gasteiger partial charge in [-0.2, -0.15) is 6.67 Å². The fourth-order valence-electron chi connectivity index (χ4n) is 7.90. The van der Waals surface area contributed by atoms with Gasteiger partial charge in [-0.05, 0) is 130 Å². The Morgan fingerprint density at radius 3 is 1.51 bits per heavy atom. The number of anilines is 3. The zero-order chi connectivity index (χ0) is 47.6. The number of nitrogens with zero attached hydrogens (tertiary/aromatic N) is 4. The first-order chi connectivity index (χ1) is 30.0. The molecule has 5 rings (SSSR count). The van der Waals surface area contributed by atoms with Gasteiger partial charge in [0, 0.05) is 46.0 Å². The Morgan fingerprint density at radius 2 is 1.09 bits per heavy atom. The fourth-order valence-corrected chi connectivity index (χ4v) is 7.90. The summed E-state index contributed by atoms with van der Waals surface area (Å²) in [6, 6.07) is 16.5. The molecule has 0 aliphatic carbocycles. The molecule has 0 saturated carbocycles. The molecule has 0 spiro atoms. The molecule has 3 aromatic carbocycles. The molecule has 13 heteroatoms. The standard InChI is InChI=1S/C27H37N2.C25H36N3O7.Au/c1-18(2)22-11-9-12-23(19(3)4)26(22)28-15-16-29(17-28)27-24(20(5)6)13-10-14-25(27)21(7)8;1-16-13-17(2)21(18(3)14-16)28-10-9-27(15-28)11-12-33-24(31)34-19(4)20(22(29)32-8)26-23(30)35-25(5,6)7;/h9-21H,1-8H3;9-10,13-15,19-20H,11-12H2,1-8H3,(H,26,30);/q2*-1;/t;19-,20+;/m.0./s1. The molecule has 1 radical (unpaired) electrons. The number of rotatable bonds is 14. The zero-order valence-corrected chi connectivity index (χ0v) is 43.6. The first kappa shape index (κ1) is 54.4. The van der Waals surface area contributed by atoms with Crippen LogP contribution in [0, 0.1) is 34.1 Å². The maximum atomic E-state index is 12.2. The van der Waals surface area contributed by atoms with E-state index in [1.807, 2.05) is 28.9 Å². The number of hydrogen-bond donors (Lipinski definition) is 1. The van der Waals surface area contributed by atoms with E-state index in [4.69, 9.17) is 18.9 Å². The summed E-state index contributed by atoms with van der Waals surface area (Å²) in [7, 11) is 1.17. The number of aryl methyl sites for hydroxylation is 3. The van der Waals surface area contributed by atoms with E-state index in [0.717, 1.165) is 5.69 Å². The summed E-state index contributed by atoms with van der Waals surface area (Å²) in [6.45, 7) is 35.6. The molecule has 0 bridgehead atoms. The van der Waals surface area contributed by atoms with Gasteiger partial charge >= 0.3 is 18.2 Å². The summed E-state index contributed by atoms with van der Waals surface area (Å²) in [5.74, 6) is 1.14. The Balaban J connectivity index is 0.000000345. The van der Waals surface area contributed by atoms with E-state index in [1.54, 1.807) is 20.8 Å². The SMILES string of the molecule is CC(C)c1cccc(C(C)C)c1N1C=CN(c2c(C(C)C)cccc2C(C)C)[CH-]1.COC(=O)[C@H](NC(=O)OC(C)(C)C)[C@H](C)OC(=O)OCCN1C=CN(c2c(C)cc(C)cc2C)[CH-]1.[Au]. The van der Waals surface area contributed by atoms with E-state index in [2.05, 4.69) is 159 Å². The van der Waals surface area contributed by atoms with Crippen molar-refractivity contribution in [2.45, 2.75) is 145 Å². The van der Waals surface area contributed by atoms with Gasteiger partial charge in [-0.25, -0.2) is 14.4 Å². The van der Waals surface area contributed by atoms with Crippen LogP contribution in [0.2, 0.25) is 0 Å². The topological polar surface area (TPSA) is 113 Å². The molecule has 12 nitrogen and oxygen atoms in total. The number of methoxy groups -OCH3 is 1. The van der Waals surface area contributed by atoms with Crippen molar-refractivity contribution in [2.75, 3.05) is 35.0 Å². The second kappa shape index (κ2) is 24.0. The van der Waals surface area contributed by atoms with Gasteiger partial charge in [-0.15, -0.1) is 6.67 Å². The molecule has 65 heavy (non-hydrogen) atoms. The largest absolute Gasteiger partial charge is 0.508 e. The van der Waals surface area contributed by atoms with Crippen molar-refractivity contribution >= 4 is 35.3 Å². The Bertz CT molecular complexity index is 2000. The van der Waals surface area contributed by atoms with Crippen LogP contribution >= 0.6 is 0 Å². The molecule has 3 aromatic rings. The van der Waals surface area contributed by atoms with E-state index in [0.29, 0.717) is 30.2 Å². The zero-order valence-electron chi connectivity index (χ0n) is 41.4. The number of nitrogens with one attached hydrogen (secondary N) is 1. The Labute approximate surface area is 405 Å². The Kier molecular flexibility index (Phi) is 20.1. The average Bonchev–Trinajstić information content (AvgIpc) is 3.88. The third-order valence-electron chi connectivity index (χ3n) is 10.9. The van der Waals surface area contributed by atoms with Gasteiger partial charge < -0.3 is 43.9 Å². The molecule has 0 unspecified atom stereocenters. The number of carbonyl (C=O) groups excluding carboxylic acids is 3. The molecule has 1 amide bonds. The van der Waals surface area contributed by atoms with Gasteiger partial charge in [0.25, 0.3) is 0 Å². The number of hydrogen-bond acceptors (Lipinski definition) is 11. The third kappa shape index (κ3) is 14.8. The summed E-state index contributed by atoms with van der Waals surface area (Å²) < 4.78 is 20.2. The molecule has 2 aliphatic rings. The van der Waals surface area contributed by atoms with Crippen molar-refractivity contribution in [3.8, 4) is 0 Å². The normalized spacial score (nSPS) is 14.4. The maximum absolute atomic E-state index is 12.2. The average molecular weight is 1080 g/mol. The minimum atomic E-state index is -1.26. The molecular formula is C52H73AuN5O7-2. The number of carbonyl (C=O) groups is 3. The molecule has 0 fully saturated rings. The molecule has 1 N–H and O–H groups in total. The van der Waals surface area contributed by atoms with Crippen LogP contribution in [-0.2, 0) is 46.1 Å². The van der Waals surface area contributed by atoms with Crippen molar-refractivity contribution in [3.05, 3.63) is 126 Å². The van der Waals surface area contributed by atoms with Crippen molar-refractivity contribution in [1.29, 1.82) is 0 Å². The molecule has 361 valence electrons. The van der Waals surface area contributed by atoms with Crippen LogP contribution in [0.15, 0.2) is 73.3 Å². The molecule has 2 atom stereocenters. The first-order valence-electron chi connectivity index (χ1n) is 22.4. The summed E-state index contributed by atoms with van der Waals surface area (Å²) in [4.78, 5) is 44.9. The first-order valence-corrected chi connectivity index (χ1v) is 22.4. The van der Waals surface area contributed by atoms with Crippen molar-refractivity contribution < 1.29 is 55.7 Å². The summed E-state index contributed by atoms with van der Waals surface area (Å²) >= 11 is 0. The van der Waals surface area contributed by atoms with Gasteiger partial charge in [0.15, 0.2) is 6.04 Å². The van der Waals surface area contributed by atoms with Gasteiger partial charge in [-0.3, -0.25) is 0 Å². The number of ether oxygens (including phenoxy) is 4. The van der Waals surface area contributed by atoms with Gasteiger partial charge in [0.2, 0.25) is 0 Å². The van der Waals surface area contributed by atoms with Crippen LogP contribution in [0.3, 0.4) is 0 Å². The molecular weight excluding hydrogens is 1000 g/mol. The van der Waals surface area contributed by atoms with Gasteiger partial charge in [0.05, 0.1) is 7.11 Å². The Hall–Kier alpha value is -4.91. The summed E-state index contributed by atoms with van der Waals surface area (Å²) in [6.07, 6.45) is 5.40. The second-order valence-electron chi connectivity index (χ2n) is 18.8. The van der Waals surface area contributed by atoms with Crippen LogP contribution < -0.4 is 20.0 Å². The monoisotopic (exact) mass is 1080 g/mol. The molecule has 2 heterocycles. The Morgan fingerprint density at radius 1 is 0.662 bits per heavy atom. The predicted molar refractivity (Wildman–Crippen MR) is 258 cm³/mol. The molecule has 2 aliphatic heterocycles. The van der Waals surface area contributed by atoms with Crippen LogP contribution in [0.5, 0.6) is 0 Å². The fraction of sp³-hybridized carbons (Fsp3) is 0.481. The molecule has 0 aromatic heterocycles. The van der Waals surface area contributed by atoms with Crippen LogP contribution in [0.1, 0.15) is 146 Å². The minimum absolute atomic E-state index is 0. The minimum Gasteiger partial charge on any atom is -0.505 e. The van der Waals surface area contributed by atoms with Crippen molar-refractivity contribution in [2.24, 2.45) is 0 Å². The van der Waals surface area contributed by atoms with Crippen LogP contribution in [-0.4, -0.2) is 61.1 Å². The quantitative estimate of drug-likeness (QED) is 0.0721. The number of esters is 1. The third-order valence-corrected chi connectivity index (χ3v) is 10.9. The van der Waals surface area contributed by atoms with Crippen molar-refractivity contribution in [1.82, 2.24) is 10.2 Å². The van der Waals surface area contributed by atoms with E-state index >= 15 is 0 Å². The summed E-state index contributed by atoms with van der Waals surface area (Å²) in [5, 5.41) is 2.37. The van der Waals surface area contributed by atoms with Gasteiger partial charge in [-0.1, -0.05) is 109 Å². The van der Waals surface area contributed by atoms with E-state index in [9.17, 15) is 14.4 Å². The van der Waals surface area contributed by atoms with Gasteiger partial charge in [0.1, 0.15) is 18.3 Å². The van der Waals surface area contributed by atoms with Crippen LogP contribution in [0.4, 0.5) is 26.7 Å². The number of benzene rings is 3. The second-order valence-corrected chi connectivity index (χ2v) is 18.8. The summed E-state index contributed by atoms with van der Waals surface area (Å²) in [5.41, 5.74) is 12.2. The van der Waals surface area contributed by atoms with E-state index < -0.39 is 36.0 Å². The number of amides is 1. The number of para-hydroxylation sites is 2. The van der Waals surface area contributed by atoms with E-state index in [1.165, 1.54) is 64.4 Å². The maximum Gasteiger partial charge on any atom is 0.508 e. The molecule has 0 saturated heterocycles.